The Bertz CT molecular complexity index is 1070. The summed E-state index contributed by atoms with van der Waals surface area (Å²) in [6.07, 6.45) is 2.91. The van der Waals surface area contributed by atoms with Gasteiger partial charge < -0.3 is 19.7 Å². The van der Waals surface area contributed by atoms with Crippen molar-refractivity contribution in [3.8, 4) is 5.69 Å². The van der Waals surface area contributed by atoms with Gasteiger partial charge in [-0.05, 0) is 88.0 Å². The molecule has 1 saturated heterocycles. The Balaban J connectivity index is 1.78. The number of benzene rings is 1. The van der Waals surface area contributed by atoms with E-state index in [2.05, 4.69) is 95.9 Å². The summed E-state index contributed by atoms with van der Waals surface area (Å²) >= 11 is 5.81. The maximum Gasteiger partial charge on any atom is 0.170 e. The van der Waals surface area contributed by atoms with E-state index in [1.165, 1.54) is 28.2 Å². The van der Waals surface area contributed by atoms with Crippen molar-refractivity contribution in [2.24, 2.45) is 0 Å². The highest BCUT2D eigenvalue weighted by molar-refractivity contribution is 7.80. The molecule has 0 spiro atoms. The predicted octanol–water partition coefficient (Wildman–Crippen LogP) is 4.59. The summed E-state index contributed by atoms with van der Waals surface area (Å²) in [5.74, 6) is 0. The number of nitrogens with one attached hydrogen (secondary N) is 1. The van der Waals surface area contributed by atoms with E-state index in [9.17, 15) is 0 Å². The third kappa shape index (κ3) is 4.30. The molecule has 2 unspecified atom stereocenters. The van der Waals surface area contributed by atoms with Crippen molar-refractivity contribution < 1.29 is 0 Å². The second-order valence-electron chi connectivity index (χ2n) is 8.81. The summed E-state index contributed by atoms with van der Waals surface area (Å²) in [7, 11) is 4.20. The first-order chi connectivity index (χ1) is 15.4. The van der Waals surface area contributed by atoms with Gasteiger partial charge in [0.05, 0.1) is 17.8 Å². The van der Waals surface area contributed by atoms with Gasteiger partial charge in [-0.25, -0.2) is 0 Å². The van der Waals surface area contributed by atoms with Gasteiger partial charge in [0.1, 0.15) is 0 Å². The van der Waals surface area contributed by atoms with E-state index in [1.54, 1.807) is 0 Å². The molecule has 0 bridgehead atoms. The van der Waals surface area contributed by atoms with Crippen LogP contribution in [-0.2, 0) is 6.42 Å². The van der Waals surface area contributed by atoms with Gasteiger partial charge in [0.2, 0.25) is 0 Å². The molecular weight excluding hydrogens is 414 g/mol. The van der Waals surface area contributed by atoms with Crippen molar-refractivity contribution >= 4 is 17.3 Å². The van der Waals surface area contributed by atoms with Crippen LogP contribution in [0.2, 0.25) is 0 Å². The molecule has 4 rings (SSSR count). The standard InChI is InChI=1S/C26H33N5S/c1-6-20-10-12-21(13-11-20)31-18(2)17-22(19(31)3)25-24(23-9-7-8-14-27-23)28-26(32)30(25)16-15-29(4)5/h7-14,17,24-25H,6,15-16H2,1-5H3,(H,28,32). The molecule has 2 aromatic heterocycles. The van der Waals surface area contributed by atoms with Gasteiger partial charge in [0, 0.05) is 36.4 Å². The van der Waals surface area contributed by atoms with Gasteiger partial charge in [-0.2, -0.15) is 0 Å². The fraction of sp³-hybridized carbons (Fsp3) is 0.385. The lowest BCUT2D eigenvalue weighted by Crippen LogP contribution is -2.35. The third-order valence-corrected chi connectivity index (χ3v) is 6.73. The molecule has 1 aliphatic heterocycles. The molecule has 1 aromatic carbocycles. The zero-order valence-corrected chi connectivity index (χ0v) is 20.5. The summed E-state index contributed by atoms with van der Waals surface area (Å²) < 4.78 is 2.36. The molecule has 0 radical (unpaired) electrons. The number of rotatable bonds is 7. The van der Waals surface area contributed by atoms with Gasteiger partial charge in [-0.3, -0.25) is 4.98 Å². The number of aryl methyl sites for hydroxylation is 2. The van der Waals surface area contributed by atoms with Crippen molar-refractivity contribution in [3.05, 3.63) is 82.9 Å². The number of likely N-dealkylation sites (N-methyl/N-ethyl adjacent to an activating group) is 1. The summed E-state index contributed by atoms with van der Waals surface area (Å²) in [4.78, 5) is 9.21. The number of thiocarbonyl (C=S) groups is 1. The summed E-state index contributed by atoms with van der Waals surface area (Å²) in [5.41, 5.74) is 7.34. The topological polar surface area (TPSA) is 36.3 Å². The van der Waals surface area contributed by atoms with Crippen LogP contribution in [0, 0.1) is 13.8 Å². The van der Waals surface area contributed by atoms with Gasteiger partial charge in [0.15, 0.2) is 5.11 Å². The van der Waals surface area contributed by atoms with Crippen LogP contribution in [0.1, 0.15) is 47.2 Å². The Morgan fingerprint density at radius 3 is 2.47 bits per heavy atom. The molecule has 3 heterocycles. The predicted molar refractivity (Wildman–Crippen MR) is 135 cm³/mol. The molecule has 3 aromatic rings. The Morgan fingerprint density at radius 2 is 1.84 bits per heavy atom. The molecule has 5 nitrogen and oxygen atoms in total. The lowest BCUT2D eigenvalue weighted by molar-refractivity contribution is 0.277. The van der Waals surface area contributed by atoms with Crippen molar-refractivity contribution in [1.29, 1.82) is 0 Å². The second-order valence-corrected chi connectivity index (χ2v) is 9.19. The summed E-state index contributed by atoms with van der Waals surface area (Å²) in [6.45, 7) is 8.39. The van der Waals surface area contributed by atoms with Crippen LogP contribution in [0.15, 0.2) is 54.7 Å². The van der Waals surface area contributed by atoms with Gasteiger partial charge in [-0.15, -0.1) is 0 Å². The maximum atomic E-state index is 5.81. The van der Waals surface area contributed by atoms with E-state index in [0.29, 0.717) is 0 Å². The Kier molecular flexibility index (Phi) is 6.63. The molecule has 32 heavy (non-hydrogen) atoms. The Labute approximate surface area is 197 Å². The fourth-order valence-electron chi connectivity index (χ4n) is 4.66. The third-order valence-electron chi connectivity index (χ3n) is 6.38. The summed E-state index contributed by atoms with van der Waals surface area (Å²) in [6, 6.07) is 17.4. The van der Waals surface area contributed by atoms with Crippen LogP contribution in [0.5, 0.6) is 0 Å². The molecule has 1 fully saturated rings. The first kappa shape index (κ1) is 22.5. The lowest BCUT2D eigenvalue weighted by atomic mass is 9.96. The molecule has 168 valence electrons. The average Bonchev–Trinajstić information content (AvgIpc) is 3.27. The zero-order chi connectivity index (χ0) is 22.8. The number of pyridine rings is 1. The molecule has 6 heteroatoms. The minimum atomic E-state index is 0.0160. The van der Waals surface area contributed by atoms with E-state index >= 15 is 0 Å². The lowest BCUT2D eigenvalue weighted by Gasteiger charge is -2.29. The highest BCUT2D eigenvalue weighted by Gasteiger charge is 2.41. The largest absolute Gasteiger partial charge is 0.352 e. The molecule has 0 aliphatic carbocycles. The zero-order valence-electron chi connectivity index (χ0n) is 19.7. The van der Waals surface area contributed by atoms with Crippen molar-refractivity contribution in [3.63, 3.8) is 0 Å². The van der Waals surface area contributed by atoms with Crippen LogP contribution >= 0.6 is 12.2 Å². The molecule has 0 amide bonds. The van der Waals surface area contributed by atoms with E-state index < -0.39 is 0 Å². The Morgan fingerprint density at radius 1 is 1.09 bits per heavy atom. The molecule has 0 saturated carbocycles. The average molecular weight is 448 g/mol. The van der Waals surface area contributed by atoms with E-state index in [4.69, 9.17) is 12.2 Å². The minimum Gasteiger partial charge on any atom is -0.352 e. The summed E-state index contributed by atoms with van der Waals surface area (Å²) in [5, 5.41) is 4.37. The van der Waals surface area contributed by atoms with E-state index in [0.717, 1.165) is 30.3 Å². The fourth-order valence-corrected chi connectivity index (χ4v) is 4.99. The molecular formula is C26H33N5S. The highest BCUT2D eigenvalue weighted by Crippen LogP contribution is 2.41. The second kappa shape index (κ2) is 9.43. The van der Waals surface area contributed by atoms with Crippen LogP contribution in [0.3, 0.4) is 0 Å². The van der Waals surface area contributed by atoms with Crippen LogP contribution < -0.4 is 5.32 Å². The maximum absolute atomic E-state index is 5.81. The van der Waals surface area contributed by atoms with Crippen molar-refractivity contribution in [2.75, 3.05) is 27.2 Å². The quantitative estimate of drug-likeness (QED) is 0.536. The van der Waals surface area contributed by atoms with Gasteiger partial charge >= 0.3 is 0 Å². The monoisotopic (exact) mass is 447 g/mol. The van der Waals surface area contributed by atoms with Crippen LogP contribution in [0.25, 0.3) is 5.69 Å². The number of hydrogen-bond donors (Lipinski definition) is 1. The number of aromatic nitrogens is 2. The number of hydrogen-bond acceptors (Lipinski definition) is 3. The highest BCUT2D eigenvalue weighted by atomic mass is 32.1. The Hall–Kier alpha value is -2.70. The molecule has 2 atom stereocenters. The van der Waals surface area contributed by atoms with Crippen LogP contribution in [-0.4, -0.2) is 51.6 Å². The molecule has 1 aliphatic rings. The first-order valence-corrected chi connectivity index (χ1v) is 11.7. The van der Waals surface area contributed by atoms with Gasteiger partial charge in [-0.1, -0.05) is 25.1 Å². The smallest absolute Gasteiger partial charge is 0.170 e. The van der Waals surface area contributed by atoms with E-state index in [1.807, 2.05) is 18.3 Å². The van der Waals surface area contributed by atoms with Crippen molar-refractivity contribution in [2.45, 2.75) is 39.3 Å². The number of nitrogens with zero attached hydrogens (tertiary/aromatic N) is 4. The molecule has 1 N–H and O–H groups in total. The first-order valence-electron chi connectivity index (χ1n) is 11.3. The van der Waals surface area contributed by atoms with Gasteiger partial charge in [0.25, 0.3) is 0 Å². The van der Waals surface area contributed by atoms with Crippen molar-refractivity contribution in [1.82, 2.24) is 24.7 Å². The van der Waals surface area contributed by atoms with Crippen LogP contribution in [0.4, 0.5) is 0 Å². The SMILES string of the molecule is CCc1ccc(-n2c(C)cc(C3C(c4ccccn4)NC(=S)N3CCN(C)C)c2C)cc1. The normalized spacial score (nSPS) is 18.4. The minimum absolute atomic E-state index is 0.0160. The van der Waals surface area contributed by atoms with E-state index in [-0.39, 0.29) is 12.1 Å².